The van der Waals surface area contributed by atoms with Crippen molar-refractivity contribution in [1.29, 1.82) is 0 Å². The molecule has 5 fully saturated rings. The average Bonchev–Trinajstić information content (AvgIpc) is 3.08. The van der Waals surface area contributed by atoms with Gasteiger partial charge in [-0.25, -0.2) is 28.0 Å². The van der Waals surface area contributed by atoms with Gasteiger partial charge in [0.15, 0.2) is 6.35 Å². The first-order valence-electron chi connectivity index (χ1n) is 11.8. The lowest BCUT2D eigenvalue weighted by atomic mass is 9.89. The van der Waals surface area contributed by atoms with E-state index in [-0.39, 0.29) is 35.5 Å². The van der Waals surface area contributed by atoms with Crippen molar-refractivity contribution in [2.75, 3.05) is 13.7 Å². The predicted octanol–water partition coefficient (Wildman–Crippen LogP) is 0.980. The van der Waals surface area contributed by atoms with Crippen LogP contribution in [0, 0.1) is 0 Å². The third-order valence-corrected chi connectivity index (χ3v) is 12.1. The van der Waals surface area contributed by atoms with Crippen molar-refractivity contribution in [3.05, 3.63) is 0 Å². The van der Waals surface area contributed by atoms with Crippen LogP contribution in [0.4, 0.5) is 4.79 Å². The van der Waals surface area contributed by atoms with Gasteiger partial charge in [0, 0.05) is 30.5 Å². The van der Waals surface area contributed by atoms with Gasteiger partial charge in [-0.2, -0.15) is 0 Å². The summed E-state index contributed by atoms with van der Waals surface area (Å²) in [5.41, 5.74) is -0.591. The molecule has 8 atom stereocenters. The largest absolute Gasteiger partial charge is 0.352 e. The first-order chi connectivity index (χ1) is 15.6. The molecule has 3 saturated heterocycles. The molecule has 5 aliphatic rings. The zero-order valence-corrected chi connectivity index (χ0v) is 22.1. The molecule has 13 heteroatoms. The highest BCUT2D eigenvalue weighted by molar-refractivity contribution is 8.00. The van der Waals surface area contributed by atoms with E-state index in [4.69, 9.17) is 4.74 Å². The molecule has 0 spiro atoms. The third-order valence-electron chi connectivity index (χ3n) is 7.66. The normalized spacial score (nSPS) is 42.7. The van der Waals surface area contributed by atoms with Crippen molar-refractivity contribution in [3.63, 3.8) is 0 Å². The molecular formula is C20H36N6O4S3. The fourth-order valence-electron chi connectivity index (χ4n) is 5.54. The summed E-state index contributed by atoms with van der Waals surface area (Å²) in [5.74, 6) is 0. The molecule has 2 saturated carbocycles. The number of amides is 2. The molecule has 8 unspecified atom stereocenters. The number of fused-ring (bicyclic) bond motifs is 1. The minimum Gasteiger partial charge on any atom is -0.352 e. The highest BCUT2D eigenvalue weighted by Gasteiger charge is 2.55. The molecule has 2 amide bonds. The Bertz CT molecular complexity index is 874. The molecule has 0 bridgehead atoms. The van der Waals surface area contributed by atoms with E-state index in [0.717, 1.165) is 12.8 Å². The van der Waals surface area contributed by atoms with Crippen LogP contribution in [0.2, 0.25) is 0 Å². The van der Waals surface area contributed by atoms with Crippen LogP contribution in [0.3, 0.4) is 0 Å². The van der Waals surface area contributed by atoms with Gasteiger partial charge in [-0.3, -0.25) is 4.90 Å². The van der Waals surface area contributed by atoms with E-state index < -0.39 is 15.3 Å². The van der Waals surface area contributed by atoms with Gasteiger partial charge in [-0.05, 0) is 64.8 Å². The minimum atomic E-state index is -3.44. The fraction of sp³-hybridized carbons (Fsp3) is 0.950. The monoisotopic (exact) mass is 520 g/mol. The Morgan fingerprint density at radius 2 is 1.97 bits per heavy atom. The van der Waals surface area contributed by atoms with E-state index in [1.165, 1.54) is 11.9 Å². The molecule has 3 heterocycles. The minimum absolute atomic E-state index is 0.0129. The van der Waals surface area contributed by atoms with Crippen LogP contribution in [0.5, 0.6) is 0 Å². The molecule has 10 nitrogen and oxygen atoms in total. The highest BCUT2D eigenvalue weighted by Crippen LogP contribution is 2.42. The average molecular weight is 521 g/mol. The lowest BCUT2D eigenvalue weighted by Crippen LogP contribution is -2.53. The number of rotatable bonds is 7. The summed E-state index contributed by atoms with van der Waals surface area (Å²) < 4.78 is 37.8. The van der Waals surface area contributed by atoms with Crippen LogP contribution >= 0.6 is 23.7 Å². The molecule has 3 aliphatic heterocycles. The first kappa shape index (κ1) is 24.4. The number of carbonyl (C=O) groups excluding carboxylic acids is 1. The number of hydrogen-bond acceptors (Lipinski definition) is 9. The molecule has 0 aromatic rings. The van der Waals surface area contributed by atoms with Crippen LogP contribution < -0.4 is 20.1 Å². The van der Waals surface area contributed by atoms with Gasteiger partial charge < -0.3 is 15.0 Å². The Balaban J connectivity index is 1.37. The lowest BCUT2D eigenvalue weighted by molar-refractivity contribution is 0.0577. The summed E-state index contributed by atoms with van der Waals surface area (Å²) >= 11 is 3.29. The Kier molecular flexibility index (Phi) is 6.65. The predicted molar refractivity (Wildman–Crippen MR) is 131 cm³/mol. The van der Waals surface area contributed by atoms with Gasteiger partial charge >= 0.3 is 6.03 Å². The maximum Gasteiger partial charge on any atom is 0.322 e. The van der Waals surface area contributed by atoms with E-state index in [1.54, 1.807) is 7.11 Å². The molecule has 2 aliphatic carbocycles. The Hall–Kier alpha value is -0.280. The summed E-state index contributed by atoms with van der Waals surface area (Å²) in [6.07, 6.45) is 3.16. The molecule has 0 aromatic carbocycles. The Morgan fingerprint density at radius 1 is 1.21 bits per heavy atom. The van der Waals surface area contributed by atoms with Crippen LogP contribution in [0.25, 0.3) is 0 Å². The number of nitrogens with zero attached hydrogens (tertiary/aromatic N) is 2. The van der Waals surface area contributed by atoms with E-state index in [0.29, 0.717) is 42.5 Å². The number of nitrogens with one attached hydrogen (secondary N) is 4. The summed E-state index contributed by atoms with van der Waals surface area (Å²) in [4.78, 5) is 17.6. The van der Waals surface area contributed by atoms with Crippen LogP contribution in [0.15, 0.2) is 0 Å². The molecule has 4 N–H and O–H groups in total. The summed E-state index contributed by atoms with van der Waals surface area (Å²) in [7, 11) is -1.84. The fourth-order valence-corrected chi connectivity index (χ4v) is 9.84. The third kappa shape index (κ3) is 4.76. The topological polar surface area (TPSA) is 115 Å². The molecule has 0 aromatic heterocycles. The summed E-state index contributed by atoms with van der Waals surface area (Å²) in [6, 6.07) is 0.174. The lowest BCUT2D eigenvalue weighted by Gasteiger charge is -2.38. The molecule has 188 valence electrons. The SMILES string of the molecule is COC1NSC(N2C(=O)N(CC3SC(C)NC3C)C3CCC(S(=O)(=O)NC4(C)CC4)CC32)N1. The number of carbonyl (C=O) groups is 1. The molecule has 0 radical (unpaired) electrons. The number of urea groups is 1. The van der Waals surface area contributed by atoms with Gasteiger partial charge in [-0.1, -0.05) is 0 Å². The van der Waals surface area contributed by atoms with Crippen molar-refractivity contribution >= 4 is 39.8 Å². The van der Waals surface area contributed by atoms with Crippen molar-refractivity contribution < 1.29 is 17.9 Å². The zero-order chi connectivity index (χ0) is 23.5. The van der Waals surface area contributed by atoms with E-state index in [2.05, 4.69) is 33.9 Å². The van der Waals surface area contributed by atoms with Crippen molar-refractivity contribution in [2.24, 2.45) is 0 Å². The zero-order valence-electron chi connectivity index (χ0n) is 19.6. The first-order valence-corrected chi connectivity index (χ1v) is 15.2. The maximum atomic E-state index is 13.8. The number of sulfonamides is 1. The number of hydrogen-bond donors (Lipinski definition) is 4. The summed E-state index contributed by atoms with van der Waals surface area (Å²) in [5, 5.41) is 7.05. The smallest absolute Gasteiger partial charge is 0.322 e. The van der Waals surface area contributed by atoms with Crippen molar-refractivity contribution in [3.8, 4) is 0 Å². The highest BCUT2D eigenvalue weighted by atomic mass is 32.2. The number of thioether (sulfide) groups is 1. The van der Waals surface area contributed by atoms with Gasteiger partial charge in [0.1, 0.15) is 5.50 Å². The van der Waals surface area contributed by atoms with Crippen molar-refractivity contribution in [2.45, 2.75) is 104 Å². The molecule has 5 rings (SSSR count). The maximum absolute atomic E-state index is 13.8. The number of methoxy groups -OCH3 is 1. The Labute approximate surface area is 205 Å². The van der Waals surface area contributed by atoms with E-state index in [1.807, 2.05) is 28.5 Å². The number of ether oxygens (including phenoxy) is 1. The van der Waals surface area contributed by atoms with Crippen LogP contribution in [0.1, 0.15) is 52.9 Å². The van der Waals surface area contributed by atoms with E-state index in [9.17, 15) is 13.2 Å². The van der Waals surface area contributed by atoms with E-state index >= 15 is 0 Å². The van der Waals surface area contributed by atoms with Crippen molar-refractivity contribution in [1.82, 2.24) is 29.9 Å². The molecule has 33 heavy (non-hydrogen) atoms. The van der Waals surface area contributed by atoms with Gasteiger partial charge in [0.2, 0.25) is 10.0 Å². The second-order valence-electron chi connectivity index (χ2n) is 10.3. The van der Waals surface area contributed by atoms with Gasteiger partial charge in [-0.15, -0.1) is 11.8 Å². The Morgan fingerprint density at radius 3 is 2.58 bits per heavy atom. The molecular weight excluding hydrogens is 484 g/mol. The summed E-state index contributed by atoms with van der Waals surface area (Å²) in [6.45, 7) is 6.97. The quantitative estimate of drug-likeness (QED) is 0.365. The van der Waals surface area contributed by atoms with Gasteiger partial charge in [0.25, 0.3) is 0 Å². The van der Waals surface area contributed by atoms with Crippen LogP contribution in [-0.2, 0) is 14.8 Å². The van der Waals surface area contributed by atoms with Gasteiger partial charge in [0.05, 0.1) is 22.7 Å². The second kappa shape index (κ2) is 8.99. The standard InChI is InChI=1S/C20H36N6O4S3/c1-11-16(31-12(2)21-11)10-25-14-6-5-13(33(28,29)24-20(3)7-8-20)9-15(14)26(19(25)27)18-22-17(30-4)23-32-18/h11-18,21-24H,5-10H2,1-4H3. The second-order valence-corrected chi connectivity index (χ2v) is 14.7. The van der Waals surface area contributed by atoms with Crippen LogP contribution in [-0.4, -0.2) is 89.3 Å².